The molecular weight excluding hydrogens is 531 g/mol. The lowest BCUT2D eigenvalue weighted by molar-refractivity contribution is -0.275. The Morgan fingerprint density at radius 1 is 0.632 bits per heavy atom. The molecule has 1 atom stereocenters. The van der Waals surface area contributed by atoms with Crippen LogP contribution in [-0.2, 0) is 11.8 Å². The van der Waals surface area contributed by atoms with Crippen molar-refractivity contribution in [2.45, 2.75) is 49.7 Å². The minimum atomic E-state index is -5.08. The molecule has 3 nitrogen and oxygen atoms in total. The van der Waals surface area contributed by atoms with Crippen LogP contribution in [0, 0.1) is 0 Å². The summed E-state index contributed by atoms with van der Waals surface area (Å²) in [5.41, 5.74) is -1.05. The van der Waals surface area contributed by atoms with Gasteiger partial charge in [-0.1, -0.05) is 54.6 Å². The van der Waals surface area contributed by atoms with Crippen molar-refractivity contribution in [1.29, 1.82) is 0 Å². The van der Waals surface area contributed by atoms with Crippen molar-refractivity contribution in [3.8, 4) is 11.5 Å². The lowest BCUT2D eigenvalue weighted by Crippen LogP contribution is -2.35. The number of hydrogen-bond donors (Lipinski definition) is 1. The van der Waals surface area contributed by atoms with E-state index in [0.29, 0.717) is 5.56 Å². The summed E-state index contributed by atoms with van der Waals surface area (Å²) in [5.74, 6) is -1.35. The van der Waals surface area contributed by atoms with Gasteiger partial charge < -0.3 is 14.6 Å². The number of halogens is 9. The van der Waals surface area contributed by atoms with Crippen LogP contribution < -0.4 is 9.47 Å². The Balaban J connectivity index is 2.23. The number of hydrogen-bond acceptors (Lipinski definition) is 3. The number of alkyl halides is 9. The predicted octanol–water partition coefficient (Wildman–Crippen LogP) is 7.72. The second kappa shape index (κ2) is 11.1. The lowest BCUT2D eigenvalue weighted by atomic mass is 9.67. The number of aliphatic hydroxyl groups excluding tert-OH is 1. The largest absolute Gasteiger partial charge is 0.573 e. The fourth-order valence-corrected chi connectivity index (χ4v) is 4.22. The van der Waals surface area contributed by atoms with Gasteiger partial charge in [-0.25, -0.2) is 0 Å². The lowest BCUT2D eigenvalue weighted by Gasteiger charge is -2.37. The van der Waals surface area contributed by atoms with E-state index in [0.717, 1.165) is 24.3 Å². The van der Waals surface area contributed by atoms with Crippen molar-refractivity contribution in [1.82, 2.24) is 0 Å². The summed E-state index contributed by atoms with van der Waals surface area (Å²) < 4.78 is 125. The highest BCUT2D eigenvalue weighted by atomic mass is 19.4. The number of ether oxygens (including phenoxy) is 2. The topological polar surface area (TPSA) is 38.7 Å². The molecule has 0 bridgehead atoms. The van der Waals surface area contributed by atoms with E-state index in [1.165, 1.54) is 24.3 Å². The molecule has 0 unspecified atom stereocenters. The molecule has 3 aromatic carbocycles. The van der Waals surface area contributed by atoms with E-state index in [9.17, 15) is 44.6 Å². The van der Waals surface area contributed by atoms with E-state index in [1.54, 1.807) is 30.3 Å². The Morgan fingerprint density at radius 2 is 1.11 bits per heavy atom. The Kier molecular flexibility index (Phi) is 8.55. The Bertz CT molecular complexity index is 1130. The van der Waals surface area contributed by atoms with Crippen molar-refractivity contribution < 1.29 is 54.1 Å². The first-order valence-electron chi connectivity index (χ1n) is 11.1. The summed E-state index contributed by atoms with van der Waals surface area (Å²) in [5, 5.41) is 9.75. The summed E-state index contributed by atoms with van der Waals surface area (Å²) in [6.45, 7) is 0. The quantitative estimate of drug-likeness (QED) is 0.277. The molecule has 0 heterocycles. The maximum absolute atomic E-state index is 13.2. The van der Waals surface area contributed by atoms with Crippen LogP contribution in [0.4, 0.5) is 39.5 Å². The second-order valence-corrected chi connectivity index (χ2v) is 8.49. The number of aliphatic hydroxyl groups is 1. The van der Waals surface area contributed by atoms with Gasteiger partial charge in [-0.3, -0.25) is 0 Å². The highest BCUT2D eigenvalue weighted by Crippen LogP contribution is 2.44. The van der Waals surface area contributed by atoms with Crippen LogP contribution in [0.1, 0.15) is 29.5 Å². The van der Waals surface area contributed by atoms with Crippen LogP contribution in [0.5, 0.6) is 11.5 Å². The fourth-order valence-electron chi connectivity index (χ4n) is 4.22. The molecule has 3 aromatic rings. The van der Waals surface area contributed by atoms with Crippen molar-refractivity contribution in [2.75, 3.05) is 0 Å². The maximum Gasteiger partial charge on any atom is 0.573 e. The van der Waals surface area contributed by atoms with Crippen LogP contribution in [0.3, 0.4) is 0 Å². The molecule has 0 aliphatic carbocycles. The van der Waals surface area contributed by atoms with Crippen molar-refractivity contribution in [3.63, 3.8) is 0 Å². The first-order chi connectivity index (χ1) is 17.6. The molecule has 206 valence electrons. The average Bonchev–Trinajstić information content (AvgIpc) is 2.80. The zero-order valence-corrected chi connectivity index (χ0v) is 19.4. The van der Waals surface area contributed by atoms with E-state index in [4.69, 9.17) is 0 Å². The third kappa shape index (κ3) is 8.04. The summed E-state index contributed by atoms with van der Waals surface area (Å²) in [6.07, 6.45) is -19.5. The van der Waals surface area contributed by atoms with E-state index in [-0.39, 0.29) is 17.5 Å². The van der Waals surface area contributed by atoms with E-state index >= 15 is 0 Å². The van der Waals surface area contributed by atoms with Crippen LogP contribution in [0.2, 0.25) is 0 Å². The van der Waals surface area contributed by atoms with Gasteiger partial charge in [0.1, 0.15) is 17.6 Å². The molecule has 0 aliphatic rings. The number of benzene rings is 3. The summed E-state index contributed by atoms with van der Waals surface area (Å²) in [4.78, 5) is 0. The van der Waals surface area contributed by atoms with Gasteiger partial charge in [-0.05, 0) is 60.2 Å². The van der Waals surface area contributed by atoms with Crippen molar-refractivity contribution >= 4 is 0 Å². The van der Waals surface area contributed by atoms with Gasteiger partial charge in [0.05, 0.1) is 0 Å². The van der Waals surface area contributed by atoms with Crippen molar-refractivity contribution in [2.24, 2.45) is 0 Å². The molecule has 0 spiro atoms. The Morgan fingerprint density at radius 3 is 1.53 bits per heavy atom. The van der Waals surface area contributed by atoms with Gasteiger partial charge in [0.2, 0.25) is 0 Å². The SMILES string of the molecule is O[C@@H](CCC(Cc1ccccc1)(c1cccc(OC(F)(F)F)c1)c1cccc(OC(F)(F)F)c1)C(F)(F)F. The van der Waals surface area contributed by atoms with Crippen LogP contribution >= 0.6 is 0 Å². The smallest absolute Gasteiger partial charge is 0.406 e. The van der Waals surface area contributed by atoms with E-state index in [1.807, 2.05) is 0 Å². The van der Waals surface area contributed by atoms with Crippen molar-refractivity contribution in [3.05, 3.63) is 95.6 Å². The Hall–Kier alpha value is -3.41. The zero-order valence-electron chi connectivity index (χ0n) is 19.4. The molecule has 0 amide bonds. The third-order valence-corrected chi connectivity index (χ3v) is 5.81. The molecule has 1 N–H and O–H groups in total. The third-order valence-electron chi connectivity index (χ3n) is 5.81. The van der Waals surface area contributed by atoms with Gasteiger partial charge in [0.25, 0.3) is 0 Å². The summed E-state index contributed by atoms with van der Waals surface area (Å²) in [7, 11) is 0. The molecule has 0 aromatic heterocycles. The monoisotopic (exact) mass is 552 g/mol. The molecule has 0 aliphatic heterocycles. The van der Waals surface area contributed by atoms with Crippen LogP contribution in [0.25, 0.3) is 0 Å². The molecule has 0 saturated heterocycles. The van der Waals surface area contributed by atoms with Crippen LogP contribution in [0.15, 0.2) is 78.9 Å². The maximum atomic E-state index is 13.2. The van der Waals surface area contributed by atoms with Gasteiger partial charge >= 0.3 is 18.9 Å². The van der Waals surface area contributed by atoms with Gasteiger partial charge in [-0.15, -0.1) is 26.3 Å². The van der Waals surface area contributed by atoms with Gasteiger partial charge in [0.15, 0.2) is 0 Å². The fraction of sp³-hybridized carbons (Fsp3) is 0.308. The highest BCUT2D eigenvalue weighted by molar-refractivity contribution is 5.47. The predicted molar refractivity (Wildman–Crippen MR) is 118 cm³/mol. The van der Waals surface area contributed by atoms with Crippen LogP contribution in [-0.4, -0.2) is 30.1 Å². The molecule has 38 heavy (non-hydrogen) atoms. The van der Waals surface area contributed by atoms with Gasteiger partial charge in [-0.2, -0.15) is 13.2 Å². The molecule has 3 rings (SSSR count). The minimum Gasteiger partial charge on any atom is -0.406 e. The summed E-state index contributed by atoms with van der Waals surface area (Å²) >= 11 is 0. The highest BCUT2D eigenvalue weighted by Gasteiger charge is 2.43. The molecule has 12 heteroatoms. The average molecular weight is 552 g/mol. The van der Waals surface area contributed by atoms with E-state index < -0.39 is 54.8 Å². The normalized spacial score (nSPS) is 13.7. The number of rotatable bonds is 9. The summed E-state index contributed by atoms with van der Waals surface area (Å²) in [6, 6.07) is 17.1. The first-order valence-corrected chi connectivity index (χ1v) is 11.1. The molecule has 0 radical (unpaired) electrons. The first kappa shape index (κ1) is 29.2. The molecular formula is C26H21F9O3. The second-order valence-electron chi connectivity index (χ2n) is 8.49. The van der Waals surface area contributed by atoms with Gasteiger partial charge in [0, 0.05) is 5.41 Å². The molecule has 0 saturated carbocycles. The Labute approximate surface area is 211 Å². The van der Waals surface area contributed by atoms with E-state index in [2.05, 4.69) is 9.47 Å². The minimum absolute atomic E-state index is 0.0293. The molecule has 0 fully saturated rings. The standard InChI is InChI=1S/C26H21F9O3/c27-24(28,29)22(36)12-13-23(16-17-6-2-1-3-7-17,18-8-4-10-20(14-18)37-25(30,31)32)19-9-5-11-21(15-19)38-26(33,34)35/h1-11,14-15,22,36H,12-13,16H2/t22-/m0/s1. The zero-order chi connectivity index (χ0) is 28.2.